The minimum Gasteiger partial charge on any atom is -0.497 e. The largest absolute Gasteiger partial charge is 0.497 e. The van der Waals surface area contributed by atoms with Gasteiger partial charge in [0.25, 0.3) is 14.1 Å². The zero-order chi connectivity index (χ0) is 54.3. The third-order valence-corrected chi connectivity index (χ3v) is 14.3. The molecule has 0 radical (unpaired) electrons. The Labute approximate surface area is 433 Å². The molecule has 2 amide bonds. The first-order valence-electron chi connectivity index (χ1n) is 23.7. The Kier molecular flexibility index (Phi) is 18.5. The van der Waals surface area contributed by atoms with E-state index >= 15 is 13.2 Å². The number of benzene rings is 3. The first-order chi connectivity index (χ1) is 34.8. The van der Waals surface area contributed by atoms with Crippen molar-refractivity contribution in [2.24, 2.45) is 0 Å². The van der Waals surface area contributed by atoms with Crippen molar-refractivity contribution >= 4 is 49.6 Å². The highest BCUT2D eigenvalue weighted by Crippen LogP contribution is 2.55. The van der Waals surface area contributed by atoms with Crippen molar-refractivity contribution in [3.05, 3.63) is 112 Å². The van der Waals surface area contributed by atoms with Gasteiger partial charge in [0.05, 0.1) is 51.5 Å². The van der Waals surface area contributed by atoms with Gasteiger partial charge in [0.2, 0.25) is 5.95 Å². The lowest BCUT2D eigenvalue weighted by Gasteiger charge is -2.39. The van der Waals surface area contributed by atoms with Crippen LogP contribution in [0, 0.1) is 11.3 Å². The van der Waals surface area contributed by atoms with Crippen LogP contribution in [0.15, 0.2) is 90.0 Å². The van der Waals surface area contributed by atoms with Crippen LogP contribution >= 0.6 is 20.3 Å². The van der Waals surface area contributed by atoms with E-state index in [1.54, 1.807) is 65.8 Å². The number of thioether (sulfide) groups is 1. The fourth-order valence-electron chi connectivity index (χ4n) is 8.22. The van der Waals surface area contributed by atoms with Crippen LogP contribution in [0.25, 0.3) is 11.2 Å². The summed E-state index contributed by atoms with van der Waals surface area (Å²) in [6.07, 6.45) is -6.09. The van der Waals surface area contributed by atoms with Crippen LogP contribution in [0.1, 0.15) is 98.6 Å². The van der Waals surface area contributed by atoms with Gasteiger partial charge in [0.15, 0.2) is 17.4 Å². The Hall–Kier alpha value is -5.79. The monoisotopic (exact) mass is 1070 g/mol. The van der Waals surface area contributed by atoms with Gasteiger partial charge in [-0.2, -0.15) is 23.4 Å². The summed E-state index contributed by atoms with van der Waals surface area (Å²) in [4.78, 5) is 53.0. The molecule has 1 aliphatic rings. The molecular formula is C51H63F3N7O11PS. The molecule has 5 atom stereocenters. The number of carbonyl (C=O) groups is 2. The third-order valence-electron chi connectivity index (χ3n) is 11.1. The van der Waals surface area contributed by atoms with Crippen LogP contribution in [0.3, 0.4) is 0 Å². The molecule has 3 aromatic carbocycles. The number of amides is 2. The second-order valence-electron chi connectivity index (χ2n) is 19.5. The Morgan fingerprint density at radius 2 is 1.38 bits per heavy atom. The van der Waals surface area contributed by atoms with Crippen molar-refractivity contribution < 1.29 is 60.2 Å². The molecule has 23 heteroatoms. The number of anilines is 1. The first kappa shape index (κ1) is 57.5. The Bertz CT molecular complexity index is 2700. The molecule has 1 N–H and O–H groups in total. The number of aromatic amines is 1. The second kappa shape index (κ2) is 23.8. The summed E-state index contributed by atoms with van der Waals surface area (Å²) < 4.78 is 98.2. The van der Waals surface area contributed by atoms with Gasteiger partial charge in [0.1, 0.15) is 40.5 Å². The molecular weight excluding hydrogens is 1010 g/mol. The van der Waals surface area contributed by atoms with E-state index in [0.717, 1.165) is 10.9 Å². The Balaban J connectivity index is 1.59. The number of ether oxygens (including phenoxy) is 6. The number of alkyl halides is 3. The number of nitrogens with one attached hydrogen (secondary N) is 1. The van der Waals surface area contributed by atoms with E-state index in [4.69, 9.17) is 37.5 Å². The maximum atomic E-state index is 15.3. The number of hydrogen-bond donors (Lipinski definition) is 1. The zero-order valence-corrected chi connectivity index (χ0v) is 45.0. The number of carbonyl (C=O) groups excluding carboxylic acids is 2. The minimum absolute atomic E-state index is 0.0419. The topological polar surface area (TPSA) is 202 Å². The van der Waals surface area contributed by atoms with Gasteiger partial charge in [-0.05, 0) is 122 Å². The number of imidazole rings is 1. The molecule has 3 heterocycles. The van der Waals surface area contributed by atoms with E-state index in [1.807, 2.05) is 93.0 Å². The maximum absolute atomic E-state index is 15.3. The second-order valence-corrected chi connectivity index (χ2v) is 22.2. The number of aromatic nitrogens is 4. The molecule has 0 spiro atoms. The molecule has 5 aromatic rings. The van der Waals surface area contributed by atoms with Crippen LogP contribution in [-0.2, 0) is 33.6 Å². The van der Waals surface area contributed by atoms with Gasteiger partial charge in [-0.25, -0.2) is 19.2 Å². The molecule has 1 aliphatic heterocycles. The minimum atomic E-state index is -4.93. The lowest BCUT2D eigenvalue weighted by molar-refractivity contribution is -0.0912. The number of fused-ring (bicyclic) bond motifs is 1. The molecule has 6 rings (SSSR count). The zero-order valence-electron chi connectivity index (χ0n) is 43.3. The lowest BCUT2D eigenvalue weighted by atomic mass is 9.80. The molecule has 0 aliphatic carbocycles. The number of rotatable bonds is 19. The van der Waals surface area contributed by atoms with Crippen molar-refractivity contribution in [3.8, 4) is 17.6 Å². The molecule has 1 fully saturated rings. The quantitative estimate of drug-likeness (QED) is 0.0464. The molecule has 0 saturated carbocycles. The van der Waals surface area contributed by atoms with Gasteiger partial charge in [-0.1, -0.05) is 54.6 Å². The number of methoxy groups -OCH3 is 2. The highest BCUT2D eigenvalue weighted by molar-refractivity contribution is 8.00. The van der Waals surface area contributed by atoms with E-state index in [1.165, 1.54) is 14.2 Å². The van der Waals surface area contributed by atoms with Crippen molar-refractivity contribution in [2.75, 3.05) is 32.3 Å². The predicted octanol–water partition coefficient (Wildman–Crippen LogP) is 11.0. The number of nitrogens with zero attached hydrogens (tertiary/aromatic N) is 6. The van der Waals surface area contributed by atoms with Crippen LogP contribution in [0.4, 0.5) is 28.7 Å². The summed E-state index contributed by atoms with van der Waals surface area (Å²) in [5.74, 6) is 0.436. The van der Waals surface area contributed by atoms with Crippen molar-refractivity contribution in [2.45, 2.75) is 134 Å². The lowest BCUT2D eigenvalue weighted by Crippen LogP contribution is -2.45. The fourth-order valence-corrected chi connectivity index (χ4v) is 11.1. The summed E-state index contributed by atoms with van der Waals surface area (Å²) in [6.45, 7) is 16.3. The fraction of sp³-hybridized carbons (Fsp3) is 0.490. The van der Waals surface area contributed by atoms with E-state index in [9.17, 15) is 19.6 Å². The normalized spacial score (nSPS) is 17.9. The summed E-state index contributed by atoms with van der Waals surface area (Å²) in [5, 5.41) is 7.80. The van der Waals surface area contributed by atoms with Gasteiger partial charge in [-0.15, -0.1) is 4.90 Å². The van der Waals surface area contributed by atoms with Crippen LogP contribution in [-0.4, -0.2) is 110 Å². The molecule has 400 valence electrons. The van der Waals surface area contributed by atoms with Crippen molar-refractivity contribution in [3.63, 3.8) is 0 Å². The van der Waals surface area contributed by atoms with Crippen LogP contribution in [0.5, 0.6) is 11.5 Å². The molecule has 1 unspecified atom stereocenters. The molecule has 1 saturated heterocycles. The molecule has 18 nitrogen and oxygen atoms in total. The third kappa shape index (κ3) is 13.7. The summed E-state index contributed by atoms with van der Waals surface area (Å²) in [6, 6.07) is 25.1. The number of imide groups is 1. The average molecular weight is 1070 g/mol. The summed E-state index contributed by atoms with van der Waals surface area (Å²) in [5.41, 5.74) is -8.52. The van der Waals surface area contributed by atoms with Crippen LogP contribution in [0.2, 0.25) is 0 Å². The number of nitriles is 1. The highest BCUT2D eigenvalue weighted by Gasteiger charge is 2.55. The maximum Gasteiger partial charge on any atom is 0.442 e. The van der Waals surface area contributed by atoms with E-state index in [0.29, 0.717) is 33.1 Å². The summed E-state index contributed by atoms with van der Waals surface area (Å²) >= 11 is -0.413. The first-order valence-corrected chi connectivity index (χ1v) is 25.7. The van der Waals surface area contributed by atoms with Crippen LogP contribution < -0.4 is 19.9 Å². The molecule has 74 heavy (non-hydrogen) atoms. The van der Waals surface area contributed by atoms with Gasteiger partial charge in [-0.3, -0.25) is 14.3 Å². The summed E-state index contributed by atoms with van der Waals surface area (Å²) in [7, 11) is 0.837. The van der Waals surface area contributed by atoms with Gasteiger partial charge >= 0.3 is 17.7 Å². The van der Waals surface area contributed by atoms with E-state index in [2.05, 4.69) is 15.0 Å². The highest BCUT2D eigenvalue weighted by atomic mass is 32.2. The number of H-pyrrole nitrogens is 1. The predicted molar refractivity (Wildman–Crippen MR) is 273 cm³/mol. The Morgan fingerprint density at radius 1 is 0.851 bits per heavy atom. The SMILES string of the molecule is COc1ccc(C(OC[C@H]2O[C@@H](n3cnc4c(=O)[nH]c(N(C(=O)OC(C)(C)C)C(=O)OC(C)(C)C)nc43)[C@H](SC(F)(F)F)[C@@H]2OP(OCCC#N)N(C(C)C)C(C)C)(c2ccccc2)c2ccc(OC)cc2)cc1. The average Bonchev–Trinajstić information content (AvgIpc) is 3.88. The van der Waals surface area contributed by atoms with E-state index in [-0.39, 0.29) is 36.3 Å². The van der Waals surface area contributed by atoms with E-state index < -0.39 is 96.6 Å². The number of halogens is 3. The Morgan fingerprint density at radius 3 is 1.85 bits per heavy atom. The van der Waals surface area contributed by atoms with Crippen molar-refractivity contribution in [1.29, 1.82) is 5.26 Å². The number of hydrogen-bond acceptors (Lipinski definition) is 16. The van der Waals surface area contributed by atoms with Crippen molar-refractivity contribution in [1.82, 2.24) is 24.2 Å². The standard InChI is InChI=1S/C51H63F3N7O11PS/c1-31(2)61(32(3)4)73(68-28-16-27-55)72-40-38(29-67-50(33-17-14-13-15-18-33,34-19-23-36(65-11)24-20-34)35-21-25-37(66-12)26-22-35)69-44(41(40)74-51(52,53)54)59-30-56-39-42(59)57-45(58-43(39)62)60(46(63)70-48(5,6)7)47(64)71-49(8,9)10/h13-15,17-26,30-32,38,40-41,44H,16,28-29H2,1-12H3,(H,57,58,62)/t38-,40-,41-,44-,73?/m1/s1. The molecule has 2 aromatic heterocycles. The van der Waals surface area contributed by atoms with Gasteiger partial charge < -0.3 is 37.5 Å². The van der Waals surface area contributed by atoms with Gasteiger partial charge in [0, 0.05) is 12.1 Å². The smallest absolute Gasteiger partial charge is 0.442 e. The molecule has 0 bridgehead atoms.